The van der Waals surface area contributed by atoms with Gasteiger partial charge in [-0.25, -0.2) is 13.1 Å². The Kier molecular flexibility index (Phi) is 6.72. The second kappa shape index (κ2) is 9.05. The van der Waals surface area contributed by atoms with Crippen LogP contribution in [0.4, 0.5) is 0 Å². The van der Waals surface area contributed by atoms with Gasteiger partial charge in [0.25, 0.3) is 0 Å². The van der Waals surface area contributed by atoms with Crippen molar-refractivity contribution in [3.63, 3.8) is 0 Å². The van der Waals surface area contributed by atoms with Gasteiger partial charge in [0.15, 0.2) is 0 Å². The number of ether oxygens (including phenoxy) is 1. The van der Waals surface area contributed by atoms with Crippen LogP contribution in [0.5, 0.6) is 5.75 Å². The highest BCUT2D eigenvalue weighted by Gasteiger charge is 2.21. The first-order valence-electron chi connectivity index (χ1n) is 8.44. The molecule has 0 aliphatic carbocycles. The molecule has 0 radical (unpaired) electrons. The molecule has 1 atom stereocenters. The number of nitrogens with one attached hydrogen (secondary N) is 1. The van der Waals surface area contributed by atoms with Crippen molar-refractivity contribution in [1.82, 2.24) is 9.71 Å². The highest BCUT2D eigenvalue weighted by molar-refractivity contribution is 9.10. The molecule has 0 saturated carbocycles. The molecule has 1 unspecified atom stereocenters. The molecule has 146 valence electrons. The van der Waals surface area contributed by atoms with Crippen molar-refractivity contribution in [1.29, 1.82) is 0 Å². The number of pyridine rings is 1. The van der Waals surface area contributed by atoms with E-state index in [0.717, 1.165) is 11.1 Å². The topological polar surface area (TPSA) is 68.3 Å². The zero-order chi connectivity index (χ0) is 20.1. The number of benzene rings is 2. The Labute approximate surface area is 177 Å². The van der Waals surface area contributed by atoms with E-state index in [9.17, 15) is 8.42 Å². The molecule has 1 N–H and O–H groups in total. The molecule has 1 heterocycles. The summed E-state index contributed by atoms with van der Waals surface area (Å²) in [7, 11) is -3.75. The number of hydrogen-bond acceptors (Lipinski definition) is 4. The Morgan fingerprint density at radius 1 is 1.18 bits per heavy atom. The molecule has 3 aromatic rings. The van der Waals surface area contributed by atoms with E-state index in [0.29, 0.717) is 16.8 Å². The molecular formula is C20H18BrClN2O3S. The zero-order valence-electron chi connectivity index (χ0n) is 15.0. The Balaban J connectivity index is 1.66. The van der Waals surface area contributed by atoms with Gasteiger partial charge in [0, 0.05) is 28.5 Å². The van der Waals surface area contributed by atoms with Gasteiger partial charge in [-0.05, 0) is 48.9 Å². The SMILES string of the molecule is CC(NS(=O)(=O)c1ccc(Br)cc1Cl)c1ccc(OCc2cccnc2)cc1. The number of hydrogen-bond donors (Lipinski definition) is 1. The minimum atomic E-state index is -3.75. The van der Waals surface area contributed by atoms with Crippen LogP contribution in [0, 0.1) is 0 Å². The van der Waals surface area contributed by atoms with E-state index in [2.05, 4.69) is 25.6 Å². The summed E-state index contributed by atoms with van der Waals surface area (Å²) >= 11 is 9.35. The Morgan fingerprint density at radius 3 is 2.57 bits per heavy atom. The molecule has 28 heavy (non-hydrogen) atoms. The first-order chi connectivity index (χ1) is 13.3. The molecule has 0 aliphatic rings. The maximum absolute atomic E-state index is 12.6. The van der Waals surface area contributed by atoms with E-state index in [-0.39, 0.29) is 9.92 Å². The van der Waals surface area contributed by atoms with Gasteiger partial charge < -0.3 is 4.74 Å². The predicted octanol–water partition coefficient (Wildman–Crippen LogP) is 5.12. The minimum absolute atomic E-state index is 0.0423. The van der Waals surface area contributed by atoms with Crippen molar-refractivity contribution < 1.29 is 13.2 Å². The fourth-order valence-electron chi connectivity index (χ4n) is 2.56. The lowest BCUT2D eigenvalue weighted by Crippen LogP contribution is -2.27. The summed E-state index contributed by atoms with van der Waals surface area (Å²) in [4.78, 5) is 4.09. The second-order valence-electron chi connectivity index (χ2n) is 6.14. The quantitative estimate of drug-likeness (QED) is 0.509. The third-order valence-electron chi connectivity index (χ3n) is 4.02. The summed E-state index contributed by atoms with van der Waals surface area (Å²) in [6, 6.07) is 15.3. The molecule has 0 spiro atoms. The van der Waals surface area contributed by atoms with Crippen LogP contribution in [0.25, 0.3) is 0 Å². The number of sulfonamides is 1. The van der Waals surface area contributed by atoms with Gasteiger partial charge in [0.05, 0.1) is 5.02 Å². The summed E-state index contributed by atoms with van der Waals surface area (Å²) in [5.41, 5.74) is 1.78. The van der Waals surface area contributed by atoms with Gasteiger partial charge in [-0.2, -0.15) is 0 Å². The first-order valence-corrected chi connectivity index (χ1v) is 11.1. The largest absolute Gasteiger partial charge is 0.489 e. The standard InChI is InChI=1S/C20H18BrClN2O3S/c1-14(24-28(25,26)20-9-6-17(21)11-19(20)22)16-4-7-18(8-5-16)27-13-15-3-2-10-23-12-15/h2-12,14,24H,13H2,1H3. The number of nitrogens with zero attached hydrogens (tertiary/aromatic N) is 1. The second-order valence-corrected chi connectivity index (χ2v) is 9.14. The molecule has 2 aromatic carbocycles. The predicted molar refractivity (Wildman–Crippen MR) is 113 cm³/mol. The van der Waals surface area contributed by atoms with E-state index in [1.807, 2.05) is 36.4 Å². The Morgan fingerprint density at radius 2 is 1.93 bits per heavy atom. The summed E-state index contributed by atoms with van der Waals surface area (Å²) in [5.74, 6) is 0.693. The molecule has 0 saturated heterocycles. The fourth-order valence-corrected chi connectivity index (χ4v) is 4.83. The molecule has 5 nitrogen and oxygen atoms in total. The van der Waals surface area contributed by atoms with Crippen molar-refractivity contribution in [3.05, 3.63) is 87.6 Å². The van der Waals surface area contributed by atoms with E-state index in [1.54, 1.807) is 31.5 Å². The fraction of sp³-hybridized carbons (Fsp3) is 0.150. The van der Waals surface area contributed by atoms with Crippen molar-refractivity contribution in [2.75, 3.05) is 0 Å². The lowest BCUT2D eigenvalue weighted by atomic mass is 10.1. The first kappa shape index (κ1) is 20.8. The van der Waals surface area contributed by atoms with Crippen LogP contribution >= 0.6 is 27.5 Å². The summed E-state index contributed by atoms with van der Waals surface area (Å²) < 4.78 is 34.4. The van der Waals surface area contributed by atoms with E-state index >= 15 is 0 Å². The number of halogens is 2. The van der Waals surface area contributed by atoms with E-state index in [1.165, 1.54) is 6.07 Å². The van der Waals surface area contributed by atoms with Crippen LogP contribution < -0.4 is 9.46 Å². The molecule has 3 rings (SSSR count). The van der Waals surface area contributed by atoms with Crippen molar-refractivity contribution in [3.8, 4) is 5.75 Å². The zero-order valence-corrected chi connectivity index (χ0v) is 18.1. The van der Waals surface area contributed by atoms with Gasteiger partial charge in [-0.1, -0.05) is 45.7 Å². The molecular weight excluding hydrogens is 464 g/mol. The lowest BCUT2D eigenvalue weighted by molar-refractivity contribution is 0.305. The molecule has 0 amide bonds. The molecule has 0 bridgehead atoms. The van der Waals surface area contributed by atoms with Gasteiger partial charge in [-0.15, -0.1) is 0 Å². The highest BCUT2D eigenvalue weighted by atomic mass is 79.9. The molecule has 1 aromatic heterocycles. The summed E-state index contributed by atoms with van der Waals surface area (Å²) in [6.07, 6.45) is 3.46. The van der Waals surface area contributed by atoms with Crippen molar-refractivity contribution >= 4 is 37.6 Å². The lowest BCUT2D eigenvalue weighted by Gasteiger charge is -2.16. The van der Waals surface area contributed by atoms with E-state index in [4.69, 9.17) is 16.3 Å². The normalized spacial score (nSPS) is 12.5. The van der Waals surface area contributed by atoms with Gasteiger partial charge in [-0.3, -0.25) is 4.98 Å². The molecule has 0 fully saturated rings. The van der Waals surface area contributed by atoms with Crippen LogP contribution in [-0.4, -0.2) is 13.4 Å². The monoisotopic (exact) mass is 480 g/mol. The Bertz CT molecular complexity index is 1040. The van der Waals surface area contributed by atoms with Crippen LogP contribution in [0.2, 0.25) is 5.02 Å². The minimum Gasteiger partial charge on any atom is -0.489 e. The Hall–Kier alpha value is -1.93. The highest BCUT2D eigenvalue weighted by Crippen LogP contribution is 2.27. The van der Waals surface area contributed by atoms with E-state index < -0.39 is 16.1 Å². The van der Waals surface area contributed by atoms with Gasteiger partial charge in [0.2, 0.25) is 10.0 Å². The van der Waals surface area contributed by atoms with Crippen molar-refractivity contribution in [2.24, 2.45) is 0 Å². The maximum Gasteiger partial charge on any atom is 0.242 e. The number of rotatable bonds is 7. The number of aromatic nitrogens is 1. The third kappa shape index (κ3) is 5.32. The van der Waals surface area contributed by atoms with Gasteiger partial charge in [0.1, 0.15) is 17.3 Å². The van der Waals surface area contributed by atoms with Crippen LogP contribution in [0.3, 0.4) is 0 Å². The maximum atomic E-state index is 12.6. The summed E-state index contributed by atoms with van der Waals surface area (Å²) in [5, 5.41) is 0.160. The molecule has 8 heteroatoms. The van der Waals surface area contributed by atoms with Crippen LogP contribution in [0.15, 0.2) is 76.4 Å². The summed E-state index contributed by atoms with van der Waals surface area (Å²) in [6.45, 7) is 2.19. The van der Waals surface area contributed by atoms with Gasteiger partial charge >= 0.3 is 0 Å². The van der Waals surface area contributed by atoms with Crippen molar-refractivity contribution in [2.45, 2.75) is 24.5 Å². The van der Waals surface area contributed by atoms with Crippen LogP contribution in [0.1, 0.15) is 24.1 Å². The third-order valence-corrected chi connectivity index (χ3v) is 6.54. The smallest absolute Gasteiger partial charge is 0.242 e. The van der Waals surface area contributed by atoms with Crippen LogP contribution in [-0.2, 0) is 16.6 Å². The average molecular weight is 482 g/mol. The molecule has 0 aliphatic heterocycles. The average Bonchev–Trinajstić information content (AvgIpc) is 2.67.